The molecule has 0 amide bonds. The first-order valence-electron chi connectivity index (χ1n) is 6.26. The molecule has 4 heteroatoms. The highest BCUT2D eigenvalue weighted by Gasteiger charge is 2.22. The van der Waals surface area contributed by atoms with Gasteiger partial charge in [0, 0.05) is 45.0 Å². The summed E-state index contributed by atoms with van der Waals surface area (Å²) in [5.41, 5.74) is 1.27. The van der Waals surface area contributed by atoms with Gasteiger partial charge in [0.25, 0.3) is 0 Å². The van der Waals surface area contributed by atoms with Crippen LogP contribution in [0, 0.1) is 0 Å². The fraction of sp³-hybridized carbons (Fsp3) is 0.615. The summed E-state index contributed by atoms with van der Waals surface area (Å²) in [6.45, 7) is 6.09. The van der Waals surface area contributed by atoms with Crippen molar-refractivity contribution in [2.75, 3.05) is 32.1 Å². The summed E-state index contributed by atoms with van der Waals surface area (Å²) in [6.07, 6.45) is 3.37. The van der Waals surface area contributed by atoms with Crippen LogP contribution in [0.5, 0.6) is 0 Å². The maximum absolute atomic E-state index is 5.38. The van der Waals surface area contributed by atoms with E-state index in [0.29, 0.717) is 6.10 Å². The summed E-state index contributed by atoms with van der Waals surface area (Å²) in [6, 6.07) is 4.14. The molecule has 1 aliphatic heterocycles. The number of rotatable bonds is 5. The van der Waals surface area contributed by atoms with E-state index in [2.05, 4.69) is 28.2 Å². The van der Waals surface area contributed by atoms with Crippen molar-refractivity contribution in [3.8, 4) is 0 Å². The number of ether oxygens (including phenoxy) is 1. The van der Waals surface area contributed by atoms with Crippen molar-refractivity contribution in [2.24, 2.45) is 0 Å². The lowest BCUT2D eigenvalue weighted by atomic mass is 10.2. The number of likely N-dealkylation sites (tertiary alicyclic amines) is 1. The van der Waals surface area contributed by atoms with Crippen LogP contribution in [0.2, 0.25) is 0 Å². The number of nitrogens with one attached hydrogen (secondary N) is 1. The van der Waals surface area contributed by atoms with Gasteiger partial charge >= 0.3 is 0 Å². The Morgan fingerprint density at radius 3 is 3.18 bits per heavy atom. The summed E-state index contributed by atoms with van der Waals surface area (Å²) in [5.74, 6) is 1.01. The van der Waals surface area contributed by atoms with Gasteiger partial charge < -0.3 is 10.1 Å². The molecule has 0 bridgehead atoms. The van der Waals surface area contributed by atoms with Crippen LogP contribution in [0.25, 0.3) is 0 Å². The van der Waals surface area contributed by atoms with Gasteiger partial charge in [-0.3, -0.25) is 4.90 Å². The molecule has 2 rings (SSSR count). The van der Waals surface area contributed by atoms with Crippen molar-refractivity contribution in [1.82, 2.24) is 9.88 Å². The van der Waals surface area contributed by atoms with Crippen LogP contribution in [0.15, 0.2) is 18.3 Å². The van der Waals surface area contributed by atoms with E-state index < -0.39 is 0 Å². The highest BCUT2D eigenvalue weighted by Crippen LogP contribution is 2.18. The second-order valence-corrected chi connectivity index (χ2v) is 4.42. The molecule has 1 aliphatic rings. The SMILES string of the molecule is CCNc1ncccc1CN1CCC(OC)C1. The average Bonchev–Trinajstić information content (AvgIpc) is 2.80. The van der Waals surface area contributed by atoms with E-state index in [0.717, 1.165) is 38.4 Å². The van der Waals surface area contributed by atoms with E-state index in [4.69, 9.17) is 4.74 Å². The molecule has 0 spiro atoms. The molecule has 17 heavy (non-hydrogen) atoms. The predicted molar refractivity (Wildman–Crippen MR) is 69.1 cm³/mol. The molecule has 1 fully saturated rings. The van der Waals surface area contributed by atoms with E-state index in [1.807, 2.05) is 12.3 Å². The van der Waals surface area contributed by atoms with Gasteiger partial charge in [0.2, 0.25) is 0 Å². The van der Waals surface area contributed by atoms with Gasteiger partial charge in [0.05, 0.1) is 6.10 Å². The lowest BCUT2D eigenvalue weighted by Crippen LogP contribution is -2.23. The first-order valence-corrected chi connectivity index (χ1v) is 6.26. The lowest BCUT2D eigenvalue weighted by molar-refractivity contribution is 0.107. The highest BCUT2D eigenvalue weighted by atomic mass is 16.5. The van der Waals surface area contributed by atoms with Gasteiger partial charge in [-0.05, 0) is 19.4 Å². The molecule has 2 heterocycles. The molecular weight excluding hydrogens is 214 g/mol. The van der Waals surface area contributed by atoms with Gasteiger partial charge in [0.15, 0.2) is 0 Å². The smallest absolute Gasteiger partial charge is 0.130 e. The highest BCUT2D eigenvalue weighted by molar-refractivity contribution is 5.43. The van der Waals surface area contributed by atoms with Crippen LogP contribution in [-0.4, -0.2) is 42.7 Å². The Bertz CT molecular complexity index is 356. The fourth-order valence-electron chi connectivity index (χ4n) is 2.27. The summed E-state index contributed by atoms with van der Waals surface area (Å²) in [4.78, 5) is 6.80. The minimum absolute atomic E-state index is 0.397. The van der Waals surface area contributed by atoms with Crippen molar-refractivity contribution in [3.63, 3.8) is 0 Å². The first kappa shape index (κ1) is 12.3. The van der Waals surface area contributed by atoms with Crippen LogP contribution in [0.4, 0.5) is 5.82 Å². The number of anilines is 1. The van der Waals surface area contributed by atoms with Crippen molar-refractivity contribution < 1.29 is 4.74 Å². The van der Waals surface area contributed by atoms with Crippen molar-refractivity contribution >= 4 is 5.82 Å². The van der Waals surface area contributed by atoms with E-state index in [1.165, 1.54) is 5.56 Å². The molecule has 1 aromatic rings. The number of methoxy groups -OCH3 is 1. The Labute approximate surface area is 103 Å². The second-order valence-electron chi connectivity index (χ2n) is 4.42. The monoisotopic (exact) mass is 235 g/mol. The largest absolute Gasteiger partial charge is 0.380 e. The Kier molecular flexibility index (Phi) is 4.34. The Morgan fingerprint density at radius 2 is 2.47 bits per heavy atom. The number of nitrogens with zero attached hydrogens (tertiary/aromatic N) is 2. The fourth-order valence-corrected chi connectivity index (χ4v) is 2.27. The third-order valence-corrected chi connectivity index (χ3v) is 3.19. The molecule has 1 aromatic heterocycles. The minimum atomic E-state index is 0.397. The van der Waals surface area contributed by atoms with Crippen molar-refractivity contribution in [2.45, 2.75) is 26.0 Å². The van der Waals surface area contributed by atoms with E-state index in [1.54, 1.807) is 7.11 Å². The zero-order chi connectivity index (χ0) is 12.1. The van der Waals surface area contributed by atoms with Crippen molar-refractivity contribution in [3.05, 3.63) is 23.9 Å². The topological polar surface area (TPSA) is 37.4 Å². The van der Waals surface area contributed by atoms with Crippen LogP contribution < -0.4 is 5.32 Å². The molecule has 0 aliphatic carbocycles. The van der Waals surface area contributed by atoms with Gasteiger partial charge in [-0.15, -0.1) is 0 Å². The van der Waals surface area contributed by atoms with Crippen molar-refractivity contribution in [1.29, 1.82) is 0 Å². The Morgan fingerprint density at radius 1 is 1.59 bits per heavy atom. The Balaban J connectivity index is 1.98. The summed E-state index contributed by atoms with van der Waals surface area (Å²) in [7, 11) is 1.79. The molecule has 1 N–H and O–H groups in total. The number of aromatic nitrogens is 1. The zero-order valence-electron chi connectivity index (χ0n) is 10.6. The molecule has 0 aromatic carbocycles. The molecule has 0 radical (unpaired) electrons. The minimum Gasteiger partial charge on any atom is -0.380 e. The lowest BCUT2D eigenvalue weighted by Gasteiger charge is -2.17. The molecule has 1 saturated heterocycles. The molecule has 4 nitrogen and oxygen atoms in total. The average molecular weight is 235 g/mol. The van der Waals surface area contributed by atoms with Crippen LogP contribution >= 0.6 is 0 Å². The van der Waals surface area contributed by atoms with Gasteiger partial charge in [-0.2, -0.15) is 0 Å². The van der Waals surface area contributed by atoms with Crippen LogP contribution in [-0.2, 0) is 11.3 Å². The normalized spacial score (nSPS) is 20.7. The number of pyridine rings is 1. The van der Waals surface area contributed by atoms with Gasteiger partial charge in [-0.25, -0.2) is 4.98 Å². The predicted octanol–water partition coefficient (Wildman–Crippen LogP) is 1.73. The van der Waals surface area contributed by atoms with E-state index in [-0.39, 0.29) is 0 Å². The first-order chi connectivity index (χ1) is 8.33. The van der Waals surface area contributed by atoms with Crippen LogP contribution in [0.1, 0.15) is 18.9 Å². The van der Waals surface area contributed by atoms with Gasteiger partial charge in [0.1, 0.15) is 5.82 Å². The Hall–Kier alpha value is -1.13. The molecular formula is C13H21N3O. The van der Waals surface area contributed by atoms with Gasteiger partial charge in [-0.1, -0.05) is 6.07 Å². The quantitative estimate of drug-likeness (QED) is 0.843. The van der Waals surface area contributed by atoms with Crippen LogP contribution in [0.3, 0.4) is 0 Å². The summed E-state index contributed by atoms with van der Waals surface area (Å²) >= 11 is 0. The maximum atomic E-state index is 5.38. The third-order valence-electron chi connectivity index (χ3n) is 3.19. The zero-order valence-corrected chi connectivity index (χ0v) is 10.6. The third kappa shape index (κ3) is 3.17. The molecule has 0 saturated carbocycles. The van der Waals surface area contributed by atoms with E-state index in [9.17, 15) is 0 Å². The summed E-state index contributed by atoms with van der Waals surface area (Å²) in [5, 5.41) is 3.31. The number of hydrogen-bond acceptors (Lipinski definition) is 4. The summed E-state index contributed by atoms with van der Waals surface area (Å²) < 4.78 is 5.38. The molecule has 94 valence electrons. The molecule has 1 atom stereocenters. The second kappa shape index (κ2) is 5.98. The van der Waals surface area contributed by atoms with E-state index >= 15 is 0 Å². The standard InChI is InChI=1S/C13H21N3O/c1-3-14-13-11(5-4-7-15-13)9-16-8-6-12(10-16)17-2/h4-5,7,12H,3,6,8-10H2,1-2H3,(H,14,15). The molecule has 1 unspecified atom stereocenters. The maximum Gasteiger partial charge on any atom is 0.130 e. The number of hydrogen-bond donors (Lipinski definition) is 1.